The number of aromatic nitrogens is 1. The highest BCUT2D eigenvalue weighted by Gasteiger charge is 2.11. The van der Waals surface area contributed by atoms with Crippen molar-refractivity contribution in [1.29, 1.82) is 0 Å². The summed E-state index contributed by atoms with van der Waals surface area (Å²) in [5.74, 6) is 0.426. The van der Waals surface area contributed by atoms with Gasteiger partial charge in [-0.2, -0.15) is 0 Å². The van der Waals surface area contributed by atoms with Crippen LogP contribution in [-0.2, 0) is 16.0 Å². The fraction of sp³-hybridized carbons (Fsp3) is 0.150. The number of carbonyl (C=O) groups excluding carboxylic acids is 2. The van der Waals surface area contributed by atoms with Gasteiger partial charge in [0.05, 0.1) is 18.9 Å². The minimum absolute atomic E-state index is 0.197. The molecule has 1 N–H and O–H groups in total. The number of methoxy groups -OCH3 is 1. The zero-order valence-electron chi connectivity index (χ0n) is 14.6. The molecule has 3 aromatic rings. The van der Waals surface area contributed by atoms with Crippen LogP contribution in [-0.4, -0.2) is 24.0 Å². The summed E-state index contributed by atoms with van der Waals surface area (Å²) in [5, 5.41) is 3.39. The molecule has 0 aliphatic rings. The molecule has 0 unspecified atom stereocenters. The first kappa shape index (κ1) is 18.7. The number of halogens is 1. The van der Waals surface area contributed by atoms with Gasteiger partial charge in [0.1, 0.15) is 0 Å². The number of nitrogens with zero attached hydrogens (tertiary/aromatic N) is 1. The molecule has 0 bridgehead atoms. The monoisotopic (exact) mass is 384 g/mol. The van der Waals surface area contributed by atoms with E-state index in [9.17, 15) is 9.59 Å². The van der Waals surface area contributed by atoms with Gasteiger partial charge in [0.15, 0.2) is 11.7 Å². The summed E-state index contributed by atoms with van der Waals surface area (Å²) in [7, 11) is 1.31. The lowest BCUT2D eigenvalue weighted by atomic mass is 10.2. The van der Waals surface area contributed by atoms with Gasteiger partial charge in [-0.25, -0.2) is 9.78 Å². The molecule has 1 heterocycles. The van der Waals surface area contributed by atoms with Crippen LogP contribution in [0.4, 0.5) is 5.69 Å². The Morgan fingerprint density at radius 1 is 1.19 bits per heavy atom. The highest BCUT2D eigenvalue weighted by Crippen LogP contribution is 2.22. The molecule has 3 rings (SSSR count). The minimum atomic E-state index is -0.458. The van der Waals surface area contributed by atoms with Crippen molar-refractivity contribution in [1.82, 2.24) is 4.98 Å². The van der Waals surface area contributed by atoms with E-state index in [0.717, 1.165) is 5.56 Å². The van der Waals surface area contributed by atoms with Crippen molar-refractivity contribution in [3.63, 3.8) is 0 Å². The molecule has 0 saturated carbocycles. The van der Waals surface area contributed by atoms with Gasteiger partial charge in [-0.3, -0.25) is 4.79 Å². The van der Waals surface area contributed by atoms with Crippen LogP contribution >= 0.6 is 11.6 Å². The van der Waals surface area contributed by atoms with Gasteiger partial charge >= 0.3 is 5.97 Å². The molecule has 27 heavy (non-hydrogen) atoms. The lowest BCUT2D eigenvalue weighted by Crippen LogP contribution is -2.13. The van der Waals surface area contributed by atoms with E-state index in [1.807, 2.05) is 12.1 Å². The molecule has 0 fully saturated rings. The maximum atomic E-state index is 12.1. The standard InChI is InChI=1S/C20H17ClN2O4/c1-26-20(25)14-3-2-4-16(11-14)23-18(24)9-10-19-22-12-17(27-19)13-5-7-15(21)8-6-13/h2-8,11-12H,9-10H2,1H3,(H,23,24). The number of amides is 1. The Hall–Kier alpha value is -3.12. The molecule has 6 nitrogen and oxygen atoms in total. The summed E-state index contributed by atoms with van der Waals surface area (Å²) >= 11 is 5.87. The van der Waals surface area contributed by atoms with Crippen LogP contribution in [0.15, 0.2) is 59.1 Å². The molecule has 0 aliphatic carbocycles. The second-order valence-electron chi connectivity index (χ2n) is 5.75. The summed E-state index contributed by atoms with van der Waals surface area (Å²) < 4.78 is 10.3. The number of ether oxygens (including phenoxy) is 1. The van der Waals surface area contributed by atoms with E-state index in [-0.39, 0.29) is 12.3 Å². The maximum Gasteiger partial charge on any atom is 0.337 e. The van der Waals surface area contributed by atoms with Crippen molar-refractivity contribution in [3.05, 3.63) is 71.2 Å². The predicted molar refractivity (Wildman–Crippen MR) is 102 cm³/mol. The Bertz CT molecular complexity index is 951. The van der Waals surface area contributed by atoms with E-state index >= 15 is 0 Å². The number of benzene rings is 2. The fourth-order valence-corrected chi connectivity index (χ4v) is 2.59. The van der Waals surface area contributed by atoms with Crippen LogP contribution < -0.4 is 5.32 Å². The molecule has 0 radical (unpaired) electrons. The first-order valence-electron chi connectivity index (χ1n) is 8.24. The molecule has 1 amide bonds. The maximum absolute atomic E-state index is 12.1. The number of oxazole rings is 1. The van der Waals surface area contributed by atoms with Gasteiger partial charge < -0.3 is 14.5 Å². The average Bonchev–Trinajstić information content (AvgIpc) is 3.15. The number of aryl methyl sites for hydroxylation is 1. The van der Waals surface area contributed by atoms with Gasteiger partial charge in [-0.1, -0.05) is 17.7 Å². The number of hydrogen-bond donors (Lipinski definition) is 1. The van der Waals surface area contributed by atoms with Gasteiger partial charge in [0.25, 0.3) is 0 Å². The Kier molecular flexibility index (Phi) is 5.88. The third-order valence-electron chi connectivity index (χ3n) is 3.82. The van der Waals surface area contributed by atoms with Crippen LogP contribution in [0.5, 0.6) is 0 Å². The summed E-state index contributed by atoms with van der Waals surface area (Å²) in [6.45, 7) is 0. The molecule has 0 saturated heterocycles. The SMILES string of the molecule is COC(=O)c1cccc(NC(=O)CCc2ncc(-c3ccc(Cl)cc3)o2)c1. The Balaban J connectivity index is 1.57. The van der Waals surface area contributed by atoms with Crippen molar-refractivity contribution >= 4 is 29.2 Å². The lowest BCUT2D eigenvalue weighted by Gasteiger charge is -2.06. The third kappa shape index (κ3) is 4.95. The topological polar surface area (TPSA) is 81.4 Å². The van der Waals surface area contributed by atoms with E-state index in [2.05, 4.69) is 15.0 Å². The predicted octanol–water partition coefficient (Wildman–Crippen LogP) is 4.35. The molecule has 2 aromatic carbocycles. The van der Waals surface area contributed by atoms with Gasteiger partial charge in [-0.15, -0.1) is 0 Å². The molecule has 138 valence electrons. The first-order valence-corrected chi connectivity index (χ1v) is 8.62. The highest BCUT2D eigenvalue weighted by atomic mass is 35.5. The van der Waals surface area contributed by atoms with Crippen molar-refractivity contribution in [3.8, 4) is 11.3 Å². The highest BCUT2D eigenvalue weighted by molar-refractivity contribution is 6.30. The third-order valence-corrected chi connectivity index (χ3v) is 4.07. The van der Waals surface area contributed by atoms with Crippen molar-refractivity contribution < 1.29 is 18.7 Å². The van der Waals surface area contributed by atoms with Crippen molar-refractivity contribution in [2.75, 3.05) is 12.4 Å². The van der Waals surface area contributed by atoms with Crippen LogP contribution in [0.25, 0.3) is 11.3 Å². The van der Waals surface area contributed by atoms with Gasteiger partial charge in [-0.05, 0) is 42.5 Å². The Labute approximate surface area is 161 Å². The Morgan fingerprint density at radius 2 is 1.96 bits per heavy atom. The van der Waals surface area contributed by atoms with E-state index in [4.69, 9.17) is 16.0 Å². The zero-order valence-corrected chi connectivity index (χ0v) is 15.3. The van der Waals surface area contributed by atoms with Gasteiger partial charge in [0.2, 0.25) is 5.91 Å². The van der Waals surface area contributed by atoms with Crippen molar-refractivity contribution in [2.24, 2.45) is 0 Å². The molecular weight excluding hydrogens is 368 g/mol. The molecule has 7 heteroatoms. The van der Waals surface area contributed by atoms with E-state index < -0.39 is 5.97 Å². The largest absolute Gasteiger partial charge is 0.465 e. The number of rotatable bonds is 6. The van der Waals surface area contributed by atoms with E-state index in [1.165, 1.54) is 7.11 Å². The normalized spacial score (nSPS) is 10.4. The van der Waals surface area contributed by atoms with Crippen molar-refractivity contribution in [2.45, 2.75) is 12.8 Å². The summed E-state index contributed by atoms with van der Waals surface area (Å²) in [6.07, 6.45) is 2.18. The second kappa shape index (κ2) is 8.51. The number of esters is 1. The molecule has 0 aliphatic heterocycles. The zero-order chi connectivity index (χ0) is 19.2. The van der Waals surface area contributed by atoms with Crippen LogP contribution in [0.2, 0.25) is 5.02 Å². The molecular formula is C20H17ClN2O4. The Morgan fingerprint density at radius 3 is 2.70 bits per heavy atom. The minimum Gasteiger partial charge on any atom is -0.465 e. The summed E-state index contributed by atoms with van der Waals surface area (Å²) in [6, 6.07) is 13.8. The van der Waals surface area contributed by atoms with Gasteiger partial charge in [0, 0.05) is 29.1 Å². The summed E-state index contributed by atoms with van der Waals surface area (Å²) in [5.41, 5.74) is 1.76. The molecule has 0 atom stereocenters. The molecule has 0 spiro atoms. The molecule has 1 aromatic heterocycles. The number of nitrogens with one attached hydrogen (secondary N) is 1. The fourth-order valence-electron chi connectivity index (χ4n) is 2.46. The van der Waals surface area contributed by atoms with E-state index in [0.29, 0.717) is 34.3 Å². The second-order valence-corrected chi connectivity index (χ2v) is 6.18. The van der Waals surface area contributed by atoms with Crippen LogP contribution in [0.3, 0.4) is 0 Å². The summed E-state index contributed by atoms with van der Waals surface area (Å²) in [4.78, 5) is 27.9. The smallest absolute Gasteiger partial charge is 0.337 e. The van der Waals surface area contributed by atoms with Crippen LogP contribution in [0, 0.1) is 0 Å². The average molecular weight is 385 g/mol. The first-order chi connectivity index (χ1) is 13.0. The quantitative estimate of drug-likeness (QED) is 0.639. The number of carbonyl (C=O) groups is 2. The number of hydrogen-bond acceptors (Lipinski definition) is 5. The van der Waals surface area contributed by atoms with E-state index in [1.54, 1.807) is 42.6 Å². The lowest BCUT2D eigenvalue weighted by molar-refractivity contribution is -0.116. The van der Waals surface area contributed by atoms with Crippen LogP contribution in [0.1, 0.15) is 22.7 Å². The number of anilines is 1.